The van der Waals surface area contributed by atoms with E-state index in [1.165, 1.54) is 180 Å². The molecule has 1 heterocycles. The zero-order valence-corrected chi connectivity index (χ0v) is 25.3. The Kier molecular flexibility index (Phi) is 23.9. The van der Waals surface area contributed by atoms with E-state index in [9.17, 15) is 0 Å². The molecule has 0 radical (unpaired) electrons. The van der Waals surface area contributed by atoms with E-state index in [2.05, 4.69) is 42.3 Å². The number of hydrogen-bond acceptors (Lipinski definition) is 0. The Morgan fingerprint density at radius 2 is 0.861 bits per heavy atom. The maximum Gasteiger partial charge on any atom is 0.256 e. The van der Waals surface area contributed by atoms with Crippen LogP contribution in [0.2, 0.25) is 0 Å². The number of aromatic nitrogens is 2. The van der Waals surface area contributed by atoms with Gasteiger partial charge in [-0.05, 0) is 25.7 Å². The van der Waals surface area contributed by atoms with Crippen LogP contribution in [0.5, 0.6) is 0 Å². The molecule has 0 saturated heterocycles. The number of hydrogen-bond donors (Lipinski definition) is 0. The van der Waals surface area contributed by atoms with Crippen molar-refractivity contribution in [3.05, 3.63) is 18.2 Å². The molecule has 0 aliphatic rings. The van der Waals surface area contributed by atoms with Crippen LogP contribution in [0.15, 0.2) is 12.4 Å². The van der Waals surface area contributed by atoms with Crippen LogP contribution in [0.1, 0.15) is 187 Å². The monoisotopic (exact) mass is 504 g/mol. The largest absolute Gasteiger partial charge is 0.256 e. The van der Waals surface area contributed by atoms with Gasteiger partial charge in [-0.15, -0.1) is 0 Å². The third-order valence-corrected chi connectivity index (χ3v) is 8.06. The Labute approximate surface area is 228 Å². The fraction of sp³-hybridized carbons (Fsp3) is 0.912. The Morgan fingerprint density at radius 3 is 1.28 bits per heavy atom. The highest BCUT2D eigenvalue weighted by atomic mass is 15.1. The van der Waals surface area contributed by atoms with Crippen molar-refractivity contribution in [2.45, 2.75) is 201 Å². The molecule has 36 heavy (non-hydrogen) atoms. The summed E-state index contributed by atoms with van der Waals surface area (Å²) in [6.07, 6.45) is 41.6. The van der Waals surface area contributed by atoms with Crippen LogP contribution in [0.3, 0.4) is 0 Å². The van der Waals surface area contributed by atoms with E-state index < -0.39 is 0 Å². The maximum atomic E-state index is 2.59. The molecule has 0 aliphatic carbocycles. The van der Waals surface area contributed by atoms with Gasteiger partial charge < -0.3 is 0 Å². The Bertz CT molecular complexity index is 562. The van der Waals surface area contributed by atoms with Gasteiger partial charge in [0, 0.05) is 6.42 Å². The summed E-state index contributed by atoms with van der Waals surface area (Å²) in [5, 5.41) is 0. The zero-order valence-electron chi connectivity index (χ0n) is 25.3. The molecule has 0 bridgehead atoms. The quantitative estimate of drug-likeness (QED) is 0.0794. The summed E-state index contributed by atoms with van der Waals surface area (Å²) in [5.41, 5.74) is 0. The van der Waals surface area contributed by atoms with Crippen molar-refractivity contribution in [1.82, 2.24) is 4.57 Å². The van der Waals surface area contributed by atoms with Crippen molar-refractivity contribution in [1.29, 1.82) is 0 Å². The predicted molar refractivity (Wildman–Crippen MR) is 161 cm³/mol. The molecule has 0 aliphatic heterocycles. The SMILES string of the molecule is CCCCCCCCCCCCCCc1n(CCCCCCCCCCCCCC)cc[n+]1CCC. The number of nitrogens with zero attached hydrogens (tertiary/aromatic N) is 2. The van der Waals surface area contributed by atoms with Crippen molar-refractivity contribution in [2.24, 2.45) is 0 Å². The summed E-state index contributed by atoms with van der Waals surface area (Å²) in [4.78, 5) is 0. The van der Waals surface area contributed by atoms with Gasteiger partial charge in [0.15, 0.2) is 0 Å². The fourth-order valence-corrected chi connectivity index (χ4v) is 5.68. The summed E-state index contributed by atoms with van der Waals surface area (Å²) >= 11 is 0. The first-order valence-corrected chi connectivity index (χ1v) is 16.9. The third kappa shape index (κ3) is 18.5. The molecule has 0 fully saturated rings. The van der Waals surface area contributed by atoms with Gasteiger partial charge in [0.25, 0.3) is 5.82 Å². The second kappa shape index (κ2) is 25.8. The Balaban J connectivity index is 2.10. The van der Waals surface area contributed by atoms with Crippen molar-refractivity contribution in [3.8, 4) is 0 Å². The average molecular weight is 504 g/mol. The maximum absolute atomic E-state index is 2.59. The van der Waals surface area contributed by atoms with Crippen LogP contribution in [-0.4, -0.2) is 4.57 Å². The lowest BCUT2D eigenvalue weighted by Crippen LogP contribution is -2.37. The zero-order chi connectivity index (χ0) is 25.9. The predicted octanol–water partition coefficient (Wildman–Crippen LogP) is 11.1. The second-order valence-electron chi connectivity index (χ2n) is 11.6. The van der Waals surface area contributed by atoms with Gasteiger partial charge in [-0.1, -0.05) is 156 Å². The third-order valence-electron chi connectivity index (χ3n) is 8.06. The van der Waals surface area contributed by atoms with Crippen LogP contribution in [0, 0.1) is 0 Å². The van der Waals surface area contributed by atoms with Gasteiger partial charge >= 0.3 is 0 Å². The Morgan fingerprint density at radius 1 is 0.472 bits per heavy atom. The fourth-order valence-electron chi connectivity index (χ4n) is 5.68. The van der Waals surface area contributed by atoms with Gasteiger partial charge in [-0.25, -0.2) is 9.13 Å². The molecule has 212 valence electrons. The molecule has 0 atom stereocenters. The van der Waals surface area contributed by atoms with Gasteiger partial charge in [0.2, 0.25) is 0 Å². The van der Waals surface area contributed by atoms with E-state index in [4.69, 9.17) is 0 Å². The highest BCUT2D eigenvalue weighted by Crippen LogP contribution is 2.15. The first kappa shape index (κ1) is 33.2. The number of unbranched alkanes of at least 4 members (excludes halogenated alkanes) is 22. The van der Waals surface area contributed by atoms with E-state index in [1.807, 2.05) is 0 Å². The number of imidazole rings is 1. The first-order chi connectivity index (χ1) is 17.8. The van der Waals surface area contributed by atoms with E-state index >= 15 is 0 Å². The molecule has 2 heteroatoms. The van der Waals surface area contributed by atoms with Crippen molar-refractivity contribution < 1.29 is 4.57 Å². The molecule has 1 aromatic rings. The van der Waals surface area contributed by atoms with Gasteiger partial charge in [0.1, 0.15) is 12.4 Å². The van der Waals surface area contributed by atoms with E-state index in [1.54, 1.807) is 5.82 Å². The lowest BCUT2D eigenvalue weighted by Gasteiger charge is -2.06. The highest BCUT2D eigenvalue weighted by molar-refractivity contribution is 4.84. The van der Waals surface area contributed by atoms with Gasteiger partial charge in [-0.2, -0.15) is 0 Å². The van der Waals surface area contributed by atoms with Gasteiger partial charge in [-0.3, -0.25) is 0 Å². The summed E-state index contributed by atoms with van der Waals surface area (Å²) in [6, 6.07) is 0. The van der Waals surface area contributed by atoms with Crippen LogP contribution < -0.4 is 4.57 Å². The molecule has 2 nitrogen and oxygen atoms in total. The molecule has 0 unspecified atom stereocenters. The molecular formula is C34H67N2+. The average Bonchev–Trinajstić information content (AvgIpc) is 3.26. The molecule has 1 aromatic heterocycles. The van der Waals surface area contributed by atoms with Crippen molar-refractivity contribution in [2.75, 3.05) is 0 Å². The summed E-state index contributed by atoms with van der Waals surface area (Å²) < 4.78 is 5.13. The minimum atomic E-state index is 1.18. The minimum absolute atomic E-state index is 1.18. The van der Waals surface area contributed by atoms with Crippen LogP contribution in [0.25, 0.3) is 0 Å². The number of aryl methyl sites for hydroxylation is 2. The van der Waals surface area contributed by atoms with Crippen LogP contribution >= 0.6 is 0 Å². The lowest BCUT2D eigenvalue weighted by molar-refractivity contribution is -0.703. The molecule has 0 N–H and O–H groups in total. The molecule has 1 rings (SSSR count). The first-order valence-electron chi connectivity index (χ1n) is 16.9. The van der Waals surface area contributed by atoms with Crippen LogP contribution in [-0.2, 0) is 19.5 Å². The van der Waals surface area contributed by atoms with E-state index in [0.29, 0.717) is 0 Å². The molecule has 0 amide bonds. The summed E-state index contributed by atoms with van der Waals surface area (Å²) in [5.74, 6) is 1.59. The minimum Gasteiger partial charge on any atom is -0.234 e. The van der Waals surface area contributed by atoms with Crippen LogP contribution in [0.4, 0.5) is 0 Å². The molecular weight excluding hydrogens is 436 g/mol. The van der Waals surface area contributed by atoms with Gasteiger partial charge in [0.05, 0.1) is 13.1 Å². The number of rotatable bonds is 28. The highest BCUT2D eigenvalue weighted by Gasteiger charge is 2.15. The summed E-state index contributed by atoms with van der Waals surface area (Å²) in [6.45, 7) is 9.32. The van der Waals surface area contributed by atoms with Crippen molar-refractivity contribution >= 4 is 0 Å². The lowest BCUT2D eigenvalue weighted by atomic mass is 10.0. The topological polar surface area (TPSA) is 8.81 Å². The Hall–Kier alpha value is -0.790. The van der Waals surface area contributed by atoms with Crippen molar-refractivity contribution in [3.63, 3.8) is 0 Å². The smallest absolute Gasteiger partial charge is 0.234 e. The standard InChI is InChI=1S/C34H67N2/c1-4-7-9-11-13-15-17-19-21-23-25-27-29-34-35(30-6-3)32-33-36(34)31-28-26-24-22-20-18-16-14-12-10-8-5-2/h32-33H,4-31H2,1-3H3/q+1. The molecule has 0 spiro atoms. The summed E-state index contributed by atoms with van der Waals surface area (Å²) in [7, 11) is 0. The molecule has 0 aromatic carbocycles. The normalized spacial score (nSPS) is 11.5. The second-order valence-corrected chi connectivity index (χ2v) is 11.6. The van der Waals surface area contributed by atoms with E-state index in [0.717, 1.165) is 0 Å². The molecule has 0 saturated carbocycles. The van der Waals surface area contributed by atoms with E-state index in [-0.39, 0.29) is 0 Å².